The summed E-state index contributed by atoms with van der Waals surface area (Å²) in [4.78, 5) is 0. The Morgan fingerprint density at radius 2 is 1.57 bits per heavy atom. The summed E-state index contributed by atoms with van der Waals surface area (Å²) in [6.07, 6.45) is 3.58. The number of halogens is 2. The van der Waals surface area contributed by atoms with Gasteiger partial charge in [0.2, 0.25) is 5.95 Å². The molecule has 1 unspecified atom stereocenters. The van der Waals surface area contributed by atoms with Crippen molar-refractivity contribution < 1.29 is 8.78 Å². The molecule has 0 saturated carbocycles. The molecule has 1 N–H and O–H groups in total. The van der Waals surface area contributed by atoms with Crippen molar-refractivity contribution in [2.75, 3.05) is 5.32 Å². The van der Waals surface area contributed by atoms with Crippen molar-refractivity contribution in [3.8, 4) is 0 Å². The standard InChI is InChI=1S/C17H12F2N4/c18-13-5-1-11(2-6-13)15-9-16(12-3-7-14(19)8-4-12)23-10-20-22-17(23)21-15/h1-10,15H,(H,21,22). The van der Waals surface area contributed by atoms with E-state index in [4.69, 9.17) is 0 Å². The molecule has 0 amide bonds. The monoisotopic (exact) mass is 310 g/mol. The number of hydrogen-bond donors (Lipinski definition) is 1. The lowest BCUT2D eigenvalue weighted by molar-refractivity contribution is 0.626. The van der Waals surface area contributed by atoms with Gasteiger partial charge in [-0.15, -0.1) is 10.2 Å². The van der Waals surface area contributed by atoms with Gasteiger partial charge in [0, 0.05) is 0 Å². The van der Waals surface area contributed by atoms with Crippen LogP contribution in [0, 0.1) is 11.6 Å². The van der Waals surface area contributed by atoms with E-state index in [1.165, 1.54) is 24.3 Å². The average Bonchev–Trinajstić information content (AvgIpc) is 3.04. The molecule has 0 spiro atoms. The van der Waals surface area contributed by atoms with Gasteiger partial charge in [0.15, 0.2) is 0 Å². The number of rotatable bonds is 2. The van der Waals surface area contributed by atoms with Crippen LogP contribution in [0.4, 0.5) is 14.7 Å². The van der Waals surface area contributed by atoms with Crippen molar-refractivity contribution in [3.63, 3.8) is 0 Å². The van der Waals surface area contributed by atoms with E-state index in [1.54, 1.807) is 35.2 Å². The van der Waals surface area contributed by atoms with E-state index in [2.05, 4.69) is 15.5 Å². The summed E-state index contributed by atoms with van der Waals surface area (Å²) in [7, 11) is 0. The second kappa shape index (κ2) is 5.31. The zero-order valence-electron chi connectivity index (χ0n) is 11.9. The number of hydrogen-bond acceptors (Lipinski definition) is 3. The van der Waals surface area contributed by atoms with E-state index >= 15 is 0 Å². The van der Waals surface area contributed by atoms with Gasteiger partial charge in [-0.25, -0.2) is 8.78 Å². The van der Waals surface area contributed by atoms with E-state index in [1.807, 2.05) is 6.08 Å². The minimum atomic E-state index is -0.289. The molecule has 6 heteroatoms. The van der Waals surface area contributed by atoms with E-state index in [-0.39, 0.29) is 17.7 Å². The molecule has 1 aliphatic heterocycles. The average molecular weight is 310 g/mol. The van der Waals surface area contributed by atoms with Crippen molar-refractivity contribution in [3.05, 3.63) is 83.7 Å². The van der Waals surface area contributed by atoms with Crippen LogP contribution < -0.4 is 5.32 Å². The van der Waals surface area contributed by atoms with Gasteiger partial charge in [0.25, 0.3) is 0 Å². The Balaban J connectivity index is 1.80. The number of fused-ring (bicyclic) bond motifs is 1. The second-order valence-corrected chi connectivity index (χ2v) is 5.26. The van der Waals surface area contributed by atoms with Crippen LogP contribution in [0.1, 0.15) is 17.2 Å². The molecule has 23 heavy (non-hydrogen) atoms. The van der Waals surface area contributed by atoms with Crippen LogP contribution in [-0.2, 0) is 0 Å². The SMILES string of the molecule is Fc1ccc(C2=CC(c3ccc(F)cc3)Nc3nncn32)cc1. The van der Waals surface area contributed by atoms with Gasteiger partial charge in [0.1, 0.15) is 18.0 Å². The van der Waals surface area contributed by atoms with Crippen LogP contribution in [0.2, 0.25) is 0 Å². The third-order valence-corrected chi connectivity index (χ3v) is 3.79. The minimum Gasteiger partial charge on any atom is -0.344 e. The molecule has 1 atom stereocenters. The highest BCUT2D eigenvalue weighted by Crippen LogP contribution is 2.32. The number of anilines is 1. The third kappa shape index (κ3) is 2.48. The number of benzene rings is 2. The van der Waals surface area contributed by atoms with E-state index in [0.29, 0.717) is 5.95 Å². The summed E-state index contributed by atoms with van der Waals surface area (Å²) in [5, 5.41) is 11.2. The number of aromatic nitrogens is 3. The van der Waals surface area contributed by atoms with Crippen LogP contribution >= 0.6 is 0 Å². The molecule has 1 aromatic heterocycles. The molecule has 2 heterocycles. The zero-order chi connectivity index (χ0) is 15.8. The van der Waals surface area contributed by atoms with Gasteiger partial charge < -0.3 is 5.32 Å². The molecular weight excluding hydrogens is 298 g/mol. The number of nitrogens with zero attached hydrogens (tertiary/aromatic N) is 3. The lowest BCUT2D eigenvalue weighted by Crippen LogP contribution is -2.19. The van der Waals surface area contributed by atoms with Crippen LogP contribution in [0.25, 0.3) is 5.70 Å². The van der Waals surface area contributed by atoms with Crippen LogP contribution in [-0.4, -0.2) is 14.8 Å². The first-order valence-electron chi connectivity index (χ1n) is 7.11. The van der Waals surface area contributed by atoms with E-state index < -0.39 is 0 Å². The molecule has 1 aliphatic rings. The Kier molecular flexibility index (Phi) is 3.15. The predicted octanol–water partition coefficient (Wildman–Crippen LogP) is 3.61. The van der Waals surface area contributed by atoms with Crippen molar-refractivity contribution in [1.82, 2.24) is 14.8 Å². The summed E-state index contributed by atoms with van der Waals surface area (Å²) < 4.78 is 28.1. The summed E-state index contributed by atoms with van der Waals surface area (Å²) in [5.41, 5.74) is 2.60. The second-order valence-electron chi connectivity index (χ2n) is 5.26. The Morgan fingerprint density at radius 3 is 2.26 bits per heavy atom. The van der Waals surface area contributed by atoms with Crippen molar-refractivity contribution >= 4 is 11.6 Å². The van der Waals surface area contributed by atoms with E-state index in [0.717, 1.165) is 16.8 Å². The topological polar surface area (TPSA) is 42.7 Å². The van der Waals surface area contributed by atoms with Gasteiger partial charge in [-0.1, -0.05) is 12.1 Å². The van der Waals surface area contributed by atoms with Crippen LogP contribution in [0.15, 0.2) is 60.9 Å². The highest BCUT2D eigenvalue weighted by Gasteiger charge is 2.22. The molecule has 0 fully saturated rings. The molecule has 0 aliphatic carbocycles. The van der Waals surface area contributed by atoms with Gasteiger partial charge in [-0.2, -0.15) is 0 Å². The van der Waals surface area contributed by atoms with E-state index in [9.17, 15) is 8.78 Å². The molecule has 4 rings (SSSR count). The molecule has 4 nitrogen and oxygen atoms in total. The van der Waals surface area contributed by atoms with Crippen LogP contribution in [0.5, 0.6) is 0 Å². The summed E-state index contributed by atoms with van der Waals surface area (Å²) >= 11 is 0. The lowest BCUT2D eigenvalue weighted by Gasteiger charge is -2.24. The Labute approximate surface area is 131 Å². The van der Waals surface area contributed by atoms with Gasteiger partial charge in [0.05, 0.1) is 11.7 Å². The number of nitrogens with one attached hydrogen (secondary N) is 1. The molecule has 0 bridgehead atoms. The molecule has 0 saturated heterocycles. The molecule has 0 radical (unpaired) electrons. The molecule has 3 aromatic rings. The fourth-order valence-electron chi connectivity index (χ4n) is 2.63. The van der Waals surface area contributed by atoms with Gasteiger partial charge in [-0.3, -0.25) is 4.57 Å². The maximum atomic E-state index is 13.2. The highest BCUT2D eigenvalue weighted by molar-refractivity contribution is 5.72. The normalized spacial score (nSPS) is 16.4. The Hall–Kier alpha value is -3.02. The van der Waals surface area contributed by atoms with Crippen molar-refractivity contribution in [1.29, 1.82) is 0 Å². The fraction of sp³-hybridized carbons (Fsp3) is 0.0588. The zero-order valence-corrected chi connectivity index (χ0v) is 11.9. The first kappa shape index (κ1) is 13.6. The van der Waals surface area contributed by atoms with Crippen molar-refractivity contribution in [2.24, 2.45) is 0 Å². The molecule has 114 valence electrons. The Bertz CT molecular complexity index is 866. The molecular formula is C17H12F2N4. The summed E-state index contributed by atoms with van der Waals surface area (Å²) in [6.45, 7) is 0. The highest BCUT2D eigenvalue weighted by atomic mass is 19.1. The van der Waals surface area contributed by atoms with Gasteiger partial charge in [-0.05, 0) is 53.6 Å². The van der Waals surface area contributed by atoms with Gasteiger partial charge >= 0.3 is 0 Å². The fourth-order valence-corrected chi connectivity index (χ4v) is 2.63. The quantitative estimate of drug-likeness (QED) is 0.786. The smallest absolute Gasteiger partial charge is 0.229 e. The largest absolute Gasteiger partial charge is 0.344 e. The lowest BCUT2D eigenvalue weighted by atomic mass is 10.0. The minimum absolute atomic E-state index is 0.174. The maximum Gasteiger partial charge on any atom is 0.229 e. The predicted molar refractivity (Wildman–Crippen MR) is 82.6 cm³/mol. The first-order chi connectivity index (χ1) is 11.2. The van der Waals surface area contributed by atoms with Crippen LogP contribution in [0.3, 0.4) is 0 Å². The summed E-state index contributed by atoms with van der Waals surface area (Å²) in [6, 6.07) is 12.3. The maximum absolute atomic E-state index is 13.2. The third-order valence-electron chi connectivity index (χ3n) is 3.79. The summed E-state index contributed by atoms with van der Waals surface area (Å²) in [5.74, 6) is 0.0129. The first-order valence-corrected chi connectivity index (χ1v) is 7.11. The Morgan fingerprint density at radius 1 is 0.913 bits per heavy atom. The molecule has 2 aromatic carbocycles. The van der Waals surface area contributed by atoms with Crippen molar-refractivity contribution in [2.45, 2.75) is 6.04 Å².